The SMILES string of the molecule is c1ccc(-c2nc(-n3c4ccccc4c4c5c6ccccc6n(-c6ccccc6)c5n5c6ccccc6nc5c43)nc3ccccc23)cc1. The van der Waals surface area contributed by atoms with E-state index in [4.69, 9.17) is 15.0 Å². The zero-order chi connectivity index (χ0) is 32.1. The second-order valence-electron chi connectivity index (χ2n) is 12.5. The summed E-state index contributed by atoms with van der Waals surface area (Å²) in [4.78, 5) is 16.0. The average Bonchev–Trinajstić information content (AvgIpc) is 3.83. The third-order valence-corrected chi connectivity index (χ3v) is 9.81. The van der Waals surface area contributed by atoms with Crippen LogP contribution in [-0.2, 0) is 0 Å². The molecule has 0 bridgehead atoms. The number of aromatic nitrogens is 6. The maximum Gasteiger partial charge on any atom is 0.235 e. The Morgan fingerprint density at radius 2 is 0.980 bits per heavy atom. The molecule has 0 aliphatic rings. The summed E-state index contributed by atoms with van der Waals surface area (Å²) in [7, 11) is 0. The quantitative estimate of drug-likeness (QED) is 0.196. The molecule has 0 aliphatic carbocycles. The largest absolute Gasteiger partial charge is 0.295 e. The summed E-state index contributed by atoms with van der Waals surface area (Å²) in [5.41, 5.74) is 11.0. The van der Waals surface area contributed by atoms with Crippen LogP contribution in [0.25, 0.3) is 94.2 Å². The predicted molar refractivity (Wildman–Crippen MR) is 200 cm³/mol. The van der Waals surface area contributed by atoms with Crippen molar-refractivity contribution in [2.45, 2.75) is 0 Å². The molecule has 11 rings (SSSR count). The average molecular weight is 627 g/mol. The first-order chi connectivity index (χ1) is 24.3. The van der Waals surface area contributed by atoms with Crippen LogP contribution in [0, 0.1) is 0 Å². The molecule has 5 aromatic heterocycles. The molecule has 49 heavy (non-hydrogen) atoms. The van der Waals surface area contributed by atoms with E-state index < -0.39 is 0 Å². The van der Waals surface area contributed by atoms with Gasteiger partial charge in [-0.2, -0.15) is 0 Å². The lowest BCUT2D eigenvalue weighted by Gasteiger charge is -2.13. The lowest BCUT2D eigenvalue weighted by Crippen LogP contribution is -2.05. The van der Waals surface area contributed by atoms with Gasteiger partial charge in [0.1, 0.15) is 11.2 Å². The van der Waals surface area contributed by atoms with Crippen LogP contribution in [0.3, 0.4) is 0 Å². The van der Waals surface area contributed by atoms with Gasteiger partial charge < -0.3 is 0 Å². The van der Waals surface area contributed by atoms with E-state index in [0.29, 0.717) is 5.95 Å². The minimum Gasteiger partial charge on any atom is -0.295 e. The van der Waals surface area contributed by atoms with Crippen molar-refractivity contribution in [1.82, 2.24) is 28.5 Å². The third kappa shape index (κ3) is 3.57. The molecule has 11 aromatic rings. The normalized spacial score (nSPS) is 12.1. The highest BCUT2D eigenvalue weighted by Gasteiger charge is 2.27. The smallest absolute Gasteiger partial charge is 0.235 e. The molecule has 228 valence electrons. The summed E-state index contributed by atoms with van der Waals surface area (Å²) in [6.45, 7) is 0. The van der Waals surface area contributed by atoms with Gasteiger partial charge in [-0.3, -0.25) is 13.5 Å². The summed E-state index contributed by atoms with van der Waals surface area (Å²) < 4.78 is 6.96. The van der Waals surface area contributed by atoms with E-state index in [1.807, 2.05) is 12.1 Å². The lowest BCUT2D eigenvalue weighted by atomic mass is 10.1. The fourth-order valence-electron chi connectivity index (χ4n) is 7.82. The molecular weight excluding hydrogens is 601 g/mol. The molecule has 0 fully saturated rings. The van der Waals surface area contributed by atoms with Gasteiger partial charge in [0.2, 0.25) is 5.95 Å². The van der Waals surface area contributed by atoms with Crippen LogP contribution in [0.15, 0.2) is 158 Å². The number of imidazole rings is 1. The van der Waals surface area contributed by atoms with E-state index >= 15 is 0 Å². The monoisotopic (exact) mass is 626 g/mol. The molecule has 0 unspecified atom stereocenters. The number of para-hydroxylation sites is 6. The van der Waals surface area contributed by atoms with Crippen molar-refractivity contribution in [3.05, 3.63) is 158 Å². The second-order valence-corrected chi connectivity index (χ2v) is 12.5. The van der Waals surface area contributed by atoms with E-state index in [9.17, 15) is 0 Å². The molecule has 0 aliphatic heterocycles. The first-order valence-corrected chi connectivity index (χ1v) is 16.5. The summed E-state index contributed by atoms with van der Waals surface area (Å²) in [5, 5.41) is 5.63. The van der Waals surface area contributed by atoms with Gasteiger partial charge in [-0.25, -0.2) is 15.0 Å². The molecule has 6 heteroatoms. The van der Waals surface area contributed by atoms with Crippen LogP contribution in [0.1, 0.15) is 0 Å². The minimum atomic E-state index is 0.615. The number of nitrogens with zero attached hydrogens (tertiary/aromatic N) is 6. The Morgan fingerprint density at radius 1 is 0.408 bits per heavy atom. The predicted octanol–water partition coefficient (Wildman–Crippen LogP) is 10.3. The van der Waals surface area contributed by atoms with Gasteiger partial charge >= 0.3 is 0 Å². The maximum atomic E-state index is 5.40. The number of benzene rings is 6. The number of fused-ring (bicyclic) bond motifs is 13. The van der Waals surface area contributed by atoms with Crippen LogP contribution < -0.4 is 0 Å². The van der Waals surface area contributed by atoms with E-state index in [1.54, 1.807) is 0 Å². The Morgan fingerprint density at radius 3 is 1.73 bits per heavy atom. The summed E-state index contributed by atoms with van der Waals surface area (Å²) in [5.74, 6) is 0.615. The van der Waals surface area contributed by atoms with Crippen LogP contribution in [0.2, 0.25) is 0 Å². The molecule has 0 amide bonds. The first kappa shape index (κ1) is 26.3. The minimum absolute atomic E-state index is 0.615. The molecule has 0 radical (unpaired) electrons. The molecular formula is C43H26N6. The summed E-state index contributed by atoms with van der Waals surface area (Å²) in [6.07, 6.45) is 0. The fraction of sp³-hybridized carbons (Fsp3) is 0. The van der Waals surface area contributed by atoms with Crippen LogP contribution in [0.5, 0.6) is 0 Å². The van der Waals surface area contributed by atoms with Crippen molar-refractivity contribution in [2.75, 3.05) is 0 Å². The number of hydrogen-bond acceptors (Lipinski definition) is 3. The maximum absolute atomic E-state index is 5.40. The zero-order valence-corrected chi connectivity index (χ0v) is 26.2. The third-order valence-electron chi connectivity index (χ3n) is 9.81. The van der Waals surface area contributed by atoms with E-state index in [0.717, 1.165) is 77.5 Å². The fourth-order valence-corrected chi connectivity index (χ4v) is 7.82. The highest BCUT2D eigenvalue weighted by molar-refractivity contribution is 6.31. The highest BCUT2D eigenvalue weighted by Crippen LogP contribution is 2.45. The summed E-state index contributed by atoms with van der Waals surface area (Å²) >= 11 is 0. The number of rotatable bonds is 3. The van der Waals surface area contributed by atoms with Crippen LogP contribution in [0.4, 0.5) is 0 Å². The van der Waals surface area contributed by atoms with Crippen LogP contribution in [-0.4, -0.2) is 28.5 Å². The molecule has 0 saturated carbocycles. The number of pyridine rings is 1. The van der Waals surface area contributed by atoms with Gasteiger partial charge in [0.15, 0.2) is 5.65 Å². The van der Waals surface area contributed by atoms with Crippen LogP contribution >= 0.6 is 0 Å². The molecule has 0 spiro atoms. The van der Waals surface area contributed by atoms with Gasteiger partial charge in [0.25, 0.3) is 0 Å². The van der Waals surface area contributed by atoms with E-state index in [2.05, 4.69) is 159 Å². The molecule has 0 saturated heterocycles. The second kappa shape index (κ2) is 9.86. The van der Waals surface area contributed by atoms with Gasteiger partial charge in [0.05, 0.1) is 33.3 Å². The Labute approximate surface area is 279 Å². The van der Waals surface area contributed by atoms with E-state index in [-0.39, 0.29) is 0 Å². The Kier molecular flexibility index (Phi) is 5.29. The van der Waals surface area contributed by atoms with Crippen molar-refractivity contribution in [2.24, 2.45) is 0 Å². The zero-order valence-electron chi connectivity index (χ0n) is 26.2. The van der Waals surface area contributed by atoms with Crippen molar-refractivity contribution < 1.29 is 0 Å². The first-order valence-electron chi connectivity index (χ1n) is 16.5. The Balaban J connectivity index is 1.42. The van der Waals surface area contributed by atoms with E-state index in [1.165, 1.54) is 10.8 Å². The summed E-state index contributed by atoms with van der Waals surface area (Å²) in [6, 6.07) is 55.1. The molecule has 6 nitrogen and oxygen atoms in total. The highest BCUT2D eigenvalue weighted by atomic mass is 15.2. The number of hydrogen-bond donors (Lipinski definition) is 0. The molecule has 5 heterocycles. The molecule has 0 atom stereocenters. The topological polar surface area (TPSA) is 52.9 Å². The van der Waals surface area contributed by atoms with Crippen molar-refractivity contribution in [3.8, 4) is 22.9 Å². The van der Waals surface area contributed by atoms with Crippen molar-refractivity contribution >= 4 is 71.3 Å². The Hall–Kier alpha value is -6.79. The van der Waals surface area contributed by atoms with Gasteiger partial charge in [-0.05, 0) is 42.5 Å². The molecule has 6 aromatic carbocycles. The standard InChI is InChI=1S/C43H26N6/c1-3-15-27(16-4-1)39-29-19-7-10-22-32(29)45-43(46-39)48-35-25-13-8-20-30(35)37-38-31-21-9-12-24-34(31)47(28-17-5-2-6-18-28)42(38)49-36-26-14-11-23-33(36)44-41(49)40(37)48/h1-26H. The Bertz CT molecular complexity index is 3100. The molecule has 0 N–H and O–H groups in total. The van der Waals surface area contributed by atoms with Crippen molar-refractivity contribution in [3.63, 3.8) is 0 Å². The van der Waals surface area contributed by atoms with Gasteiger partial charge in [0, 0.05) is 38.2 Å². The van der Waals surface area contributed by atoms with Crippen molar-refractivity contribution in [1.29, 1.82) is 0 Å². The lowest BCUT2D eigenvalue weighted by molar-refractivity contribution is 1.01. The van der Waals surface area contributed by atoms with Gasteiger partial charge in [-0.15, -0.1) is 0 Å². The van der Waals surface area contributed by atoms with Gasteiger partial charge in [-0.1, -0.05) is 115 Å².